The van der Waals surface area contributed by atoms with Gasteiger partial charge >= 0.3 is 20.4 Å². The van der Waals surface area contributed by atoms with Crippen LogP contribution in [0.15, 0.2) is 36.4 Å². The molecule has 0 saturated heterocycles. The highest BCUT2D eigenvalue weighted by molar-refractivity contribution is 6.20. The molecule has 0 amide bonds. The van der Waals surface area contributed by atoms with Gasteiger partial charge in [-0.3, -0.25) is 0 Å². The zero-order valence-corrected chi connectivity index (χ0v) is 12.8. The van der Waals surface area contributed by atoms with Crippen LogP contribution in [-0.2, 0) is 0 Å². The van der Waals surface area contributed by atoms with E-state index in [4.69, 9.17) is 9.31 Å². The van der Waals surface area contributed by atoms with Crippen molar-refractivity contribution in [1.29, 1.82) is 0 Å². The summed E-state index contributed by atoms with van der Waals surface area (Å²) >= 11 is 0. The molecule has 2 aromatic carbocycles. The van der Waals surface area contributed by atoms with Gasteiger partial charge < -0.3 is 18.8 Å². The lowest BCUT2D eigenvalue weighted by molar-refractivity contribution is -0.275. The lowest BCUT2D eigenvalue weighted by atomic mass is 10.2. The van der Waals surface area contributed by atoms with Crippen molar-refractivity contribution in [2.75, 3.05) is 0 Å². The van der Waals surface area contributed by atoms with Gasteiger partial charge in [0, 0.05) is 12.1 Å². The maximum atomic E-state index is 13.5. The first-order valence-electron chi connectivity index (χ1n) is 6.79. The van der Waals surface area contributed by atoms with Crippen LogP contribution in [0.5, 0.6) is 23.0 Å². The van der Waals surface area contributed by atoms with Crippen molar-refractivity contribution in [3.05, 3.63) is 48.0 Å². The molecule has 0 spiro atoms. The smallest absolute Gasteiger partial charge is 0.526 e. The van der Waals surface area contributed by atoms with Crippen LogP contribution < -0.4 is 18.8 Å². The van der Waals surface area contributed by atoms with Gasteiger partial charge in [0.15, 0.2) is 11.6 Å². The molecule has 0 bridgehead atoms. The Morgan fingerprint density at radius 1 is 0.630 bits per heavy atom. The molecule has 0 unspecified atom stereocenters. The lowest BCUT2D eigenvalue weighted by Crippen LogP contribution is -2.18. The summed E-state index contributed by atoms with van der Waals surface area (Å²) in [6.45, 7) is 0. The van der Waals surface area contributed by atoms with Crippen molar-refractivity contribution in [3.63, 3.8) is 0 Å². The van der Waals surface area contributed by atoms with E-state index in [0.29, 0.717) is 36.4 Å². The average Bonchev–Trinajstić information content (AvgIpc) is 2.50. The number of halogens is 8. The van der Waals surface area contributed by atoms with Crippen molar-refractivity contribution >= 4 is 7.69 Å². The quantitative estimate of drug-likeness (QED) is 0.528. The predicted molar refractivity (Wildman–Crippen MR) is 74.6 cm³/mol. The third-order valence-corrected chi connectivity index (χ3v) is 2.70. The molecule has 0 saturated carbocycles. The van der Waals surface area contributed by atoms with Crippen molar-refractivity contribution in [1.82, 2.24) is 0 Å². The second kappa shape index (κ2) is 7.80. The second-order valence-corrected chi connectivity index (χ2v) is 4.69. The van der Waals surface area contributed by atoms with E-state index in [-0.39, 0.29) is 0 Å². The molecule has 27 heavy (non-hydrogen) atoms. The minimum absolute atomic E-state index is 0.561. The SMILES string of the molecule is Fc1ccc(OC(F)(F)F)cc1OBOc1cc(OC(F)(F)F)ccc1F. The van der Waals surface area contributed by atoms with Crippen LogP contribution in [0.1, 0.15) is 0 Å². The summed E-state index contributed by atoms with van der Waals surface area (Å²) in [6, 6.07) is 3.74. The van der Waals surface area contributed by atoms with Gasteiger partial charge in [0.05, 0.1) is 0 Å². The molecule has 2 aromatic rings. The molecular formula is C14H7BF8O4. The molecule has 4 nitrogen and oxygen atoms in total. The summed E-state index contributed by atoms with van der Waals surface area (Å²) in [4.78, 5) is 0. The van der Waals surface area contributed by atoms with Gasteiger partial charge in [-0.25, -0.2) is 8.78 Å². The summed E-state index contributed by atoms with van der Waals surface area (Å²) in [7, 11) is -0.932. The Bertz CT molecular complexity index is 728. The molecule has 0 atom stereocenters. The van der Waals surface area contributed by atoms with Crippen molar-refractivity contribution in [2.45, 2.75) is 12.7 Å². The van der Waals surface area contributed by atoms with E-state index in [1.54, 1.807) is 0 Å². The summed E-state index contributed by atoms with van der Waals surface area (Å²) < 4.78 is 116. The Morgan fingerprint density at radius 2 is 1.00 bits per heavy atom. The second-order valence-electron chi connectivity index (χ2n) is 4.69. The van der Waals surface area contributed by atoms with Gasteiger partial charge in [-0.1, -0.05) is 0 Å². The van der Waals surface area contributed by atoms with Crippen molar-refractivity contribution in [3.8, 4) is 23.0 Å². The van der Waals surface area contributed by atoms with Gasteiger partial charge in [-0.2, -0.15) is 0 Å². The van der Waals surface area contributed by atoms with E-state index < -0.39 is 55.0 Å². The van der Waals surface area contributed by atoms with E-state index in [1.165, 1.54) is 0 Å². The van der Waals surface area contributed by atoms with Gasteiger partial charge in [-0.05, 0) is 24.3 Å². The van der Waals surface area contributed by atoms with Crippen LogP contribution in [0.2, 0.25) is 0 Å². The summed E-state index contributed by atoms with van der Waals surface area (Å²) in [6.07, 6.45) is -10.0. The van der Waals surface area contributed by atoms with Gasteiger partial charge in [-0.15, -0.1) is 26.3 Å². The molecule has 0 heterocycles. The summed E-state index contributed by atoms with van der Waals surface area (Å²) in [5.41, 5.74) is 0. The summed E-state index contributed by atoms with van der Waals surface area (Å²) in [5.74, 6) is -5.18. The molecule has 2 rings (SSSR count). The van der Waals surface area contributed by atoms with E-state index in [9.17, 15) is 35.1 Å². The monoisotopic (exact) mass is 402 g/mol. The van der Waals surface area contributed by atoms with E-state index in [1.807, 2.05) is 0 Å². The Labute approximate surface area is 146 Å². The zero-order valence-electron chi connectivity index (χ0n) is 12.8. The maximum Gasteiger partial charge on any atom is 0.576 e. The van der Waals surface area contributed by atoms with Gasteiger partial charge in [0.25, 0.3) is 0 Å². The minimum atomic E-state index is -5.02. The highest BCUT2D eigenvalue weighted by Gasteiger charge is 2.32. The van der Waals surface area contributed by atoms with Crippen LogP contribution in [0.25, 0.3) is 0 Å². The number of ether oxygens (including phenoxy) is 2. The number of rotatable bonds is 6. The molecule has 0 aliphatic carbocycles. The molecule has 0 aliphatic rings. The van der Waals surface area contributed by atoms with Gasteiger partial charge in [0.2, 0.25) is 0 Å². The molecule has 0 aliphatic heterocycles. The minimum Gasteiger partial charge on any atom is -0.526 e. The van der Waals surface area contributed by atoms with Crippen LogP contribution in [0, 0.1) is 11.6 Å². The number of hydrogen-bond donors (Lipinski definition) is 0. The van der Waals surface area contributed by atoms with Crippen LogP contribution in [0.4, 0.5) is 35.1 Å². The molecule has 0 fully saturated rings. The van der Waals surface area contributed by atoms with E-state index in [2.05, 4.69) is 9.47 Å². The molecule has 0 N–H and O–H groups in total. The molecule has 146 valence electrons. The number of alkyl halides is 6. The van der Waals surface area contributed by atoms with Crippen molar-refractivity contribution < 1.29 is 53.9 Å². The Hall–Kier alpha value is -2.86. The highest BCUT2D eigenvalue weighted by atomic mass is 19.4. The van der Waals surface area contributed by atoms with E-state index >= 15 is 0 Å². The zero-order chi connectivity index (χ0) is 20.2. The first kappa shape index (κ1) is 20.5. The predicted octanol–water partition coefficient (Wildman–Crippen LogP) is 4.49. The third-order valence-electron chi connectivity index (χ3n) is 2.70. The topological polar surface area (TPSA) is 36.9 Å². The first-order chi connectivity index (χ1) is 12.4. The Morgan fingerprint density at radius 3 is 1.33 bits per heavy atom. The fraction of sp³-hybridized carbons (Fsp3) is 0.143. The molecule has 0 radical (unpaired) electrons. The summed E-state index contributed by atoms with van der Waals surface area (Å²) in [5, 5.41) is 0. The average molecular weight is 402 g/mol. The highest BCUT2D eigenvalue weighted by Crippen LogP contribution is 2.30. The van der Waals surface area contributed by atoms with Crippen molar-refractivity contribution in [2.24, 2.45) is 0 Å². The largest absolute Gasteiger partial charge is 0.576 e. The van der Waals surface area contributed by atoms with Gasteiger partial charge in [0.1, 0.15) is 23.0 Å². The standard InChI is InChI=1S/C14H7BF8O4/c16-9-3-1-7(24-13(18,19)20)5-11(9)26-15-27-12-6-8(2-4-10(12)17)25-14(21,22)23/h1-6,15H. The van der Waals surface area contributed by atoms with Crippen LogP contribution in [0.3, 0.4) is 0 Å². The van der Waals surface area contributed by atoms with Crippen LogP contribution in [-0.4, -0.2) is 20.4 Å². The maximum absolute atomic E-state index is 13.5. The third kappa shape index (κ3) is 6.75. The Balaban J connectivity index is 2.04. The fourth-order valence-corrected chi connectivity index (χ4v) is 1.74. The molecular weight excluding hydrogens is 395 g/mol. The first-order valence-corrected chi connectivity index (χ1v) is 6.79. The molecule has 0 aromatic heterocycles. The fourth-order valence-electron chi connectivity index (χ4n) is 1.74. The number of benzene rings is 2. The lowest BCUT2D eigenvalue weighted by Gasteiger charge is -2.13. The van der Waals surface area contributed by atoms with E-state index in [0.717, 1.165) is 0 Å². The molecule has 13 heteroatoms. The normalized spacial score (nSPS) is 11.7. The van der Waals surface area contributed by atoms with Crippen LogP contribution >= 0.6 is 0 Å². The Kier molecular flexibility index (Phi) is 5.91. The number of hydrogen-bond acceptors (Lipinski definition) is 4.